The summed E-state index contributed by atoms with van der Waals surface area (Å²) in [5, 5.41) is 10.9. The van der Waals surface area contributed by atoms with Crippen LogP contribution in [-0.4, -0.2) is 43.5 Å². The molecule has 8 heteroatoms. The van der Waals surface area contributed by atoms with E-state index >= 15 is 0 Å². The van der Waals surface area contributed by atoms with Crippen LogP contribution in [0.2, 0.25) is 0 Å². The first-order valence-corrected chi connectivity index (χ1v) is 8.45. The summed E-state index contributed by atoms with van der Waals surface area (Å²) >= 11 is 0. The van der Waals surface area contributed by atoms with E-state index < -0.39 is 5.97 Å². The fourth-order valence-corrected chi connectivity index (χ4v) is 2.51. The first-order chi connectivity index (χ1) is 13.1. The van der Waals surface area contributed by atoms with E-state index in [0.717, 1.165) is 11.3 Å². The van der Waals surface area contributed by atoms with Crippen molar-refractivity contribution in [2.45, 2.75) is 19.9 Å². The summed E-state index contributed by atoms with van der Waals surface area (Å²) in [7, 11) is 0. The zero-order chi connectivity index (χ0) is 19.1. The molecule has 27 heavy (non-hydrogen) atoms. The topological polar surface area (TPSA) is 90.2 Å². The highest BCUT2D eigenvalue weighted by molar-refractivity contribution is 5.76. The monoisotopic (exact) mass is 365 g/mol. The smallest absolute Gasteiger partial charge is 0.312 e. The maximum absolute atomic E-state index is 12.1. The lowest BCUT2D eigenvalue weighted by Gasteiger charge is -2.20. The third-order valence-corrected chi connectivity index (χ3v) is 3.93. The first kappa shape index (κ1) is 18.2. The molecule has 1 aromatic heterocycles. The fraction of sp³-hybridized carbons (Fsp3) is 0.211. The number of nitrogens with zero attached hydrogens (tertiary/aromatic N) is 5. The molecule has 0 unspecified atom stereocenters. The average Bonchev–Trinajstić information content (AvgIpc) is 3.21. The van der Waals surface area contributed by atoms with Crippen molar-refractivity contribution in [1.82, 2.24) is 25.1 Å². The van der Waals surface area contributed by atoms with Gasteiger partial charge >= 0.3 is 5.97 Å². The van der Waals surface area contributed by atoms with Crippen molar-refractivity contribution in [3.63, 3.8) is 0 Å². The van der Waals surface area contributed by atoms with E-state index in [2.05, 4.69) is 15.5 Å². The number of benzene rings is 2. The third-order valence-electron chi connectivity index (χ3n) is 3.93. The lowest BCUT2D eigenvalue weighted by molar-refractivity contribution is -0.136. The number of ether oxygens (including phenoxy) is 1. The molecule has 0 fully saturated rings. The highest BCUT2D eigenvalue weighted by Gasteiger charge is 2.13. The van der Waals surface area contributed by atoms with Crippen LogP contribution in [0, 0.1) is 0 Å². The molecule has 0 saturated heterocycles. The van der Waals surface area contributed by atoms with Gasteiger partial charge in [-0.3, -0.25) is 9.59 Å². The van der Waals surface area contributed by atoms with Crippen LogP contribution in [0.3, 0.4) is 0 Å². The summed E-state index contributed by atoms with van der Waals surface area (Å²) in [5.74, 6) is -0.0591. The van der Waals surface area contributed by atoms with E-state index in [-0.39, 0.29) is 12.3 Å². The molecular weight excluding hydrogens is 346 g/mol. The Morgan fingerprint density at radius 2 is 1.81 bits per heavy atom. The van der Waals surface area contributed by atoms with E-state index in [1.54, 1.807) is 29.2 Å². The van der Waals surface area contributed by atoms with E-state index in [9.17, 15) is 9.59 Å². The van der Waals surface area contributed by atoms with Gasteiger partial charge in [0.25, 0.3) is 0 Å². The van der Waals surface area contributed by atoms with Crippen molar-refractivity contribution in [1.29, 1.82) is 0 Å². The number of hydrogen-bond donors (Lipinski definition) is 0. The summed E-state index contributed by atoms with van der Waals surface area (Å²) in [6.07, 6.45) is 1.59. The Hall–Kier alpha value is -3.55. The predicted molar refractivity (Wildman–Crippen MR) is 96.9 cm³/mol. The molecule has 0 bridgehead atoms. The molecule has 0 aliphatic heterocycles. The number of esters is 1. The normalized spacial score (nSPS) is 10.4. The van der Waals surface area contributed by atoms with Gasteiger partial charge in [0.2, 0.25) is 5.91 Å². The second kappa shape index (κ2) is 8.70. The van der Waals surface area contributed by atoms with Crippen LogP contribution in [0.5, 0.6) is 5.75 Å². The molecule has 0 aliphatic carbocycles. The Morgan fingerprint density at radius 3 is 2.44 bits per heavy atom. The lowest BCUT2D eigenvalue weighted by atomic mass is 10.2. The van der Waals surface area contributed by atoms with Gasteiger partial charge in [0, 0.05) is 20.0 Å². The standard InChI is InChI=1S/C19H19N5O3/c1-15(25)23(13-16-5-3-2-4-6-16)12-11-19(26)27-18-9-7-17(8-10-18)24-14-20-21-22-24/h2-10,14H,11-13H2,1H3. The molecule has 0 saturated carbocycles. The summed E-state index contributed by atoms with van der Waals surface area (Å²) in [6.45, 7) is 2.25. The van der Waals surface area contributed by atoms with Crippen LogP contribution < -0.4 is 4.74 Å². The molecular formula is C19H19N5O3. The molecule has 138 valence electrons. The number of aromatic nitrogens is 4. The molecule has 3 aromatic rings. The minimum atomic E-state index is -0.399. The molecule has 0 spiro atoms. The molecule has 0 N–H and O–H groups in total. The number of carbonyl (C=O) groups excluding carboxylic acids is 2. The summed E-state index contributed by atoms with van der Waals surface area (Å²) in [4.78, 5) is 25.6. The van der Waals surface area contributed by atoms with Crippen molar-refractivity contribution in [3.05, 3.63) is 66.5 Å². The maximum Gasteiger partial charge on any atom is 0.312 e. The van der Waals surface area contributed by atoms with E-state index in [1.165, 1.54) is 17.9 Å². The van der Waals surface area contributed by atoms with Gasteiger partial charge in [-0.2, -0.15) is 0 Å². The molecule has 1 heterocycles. The van der Waals surface area contributed by atoms with Crippen molar-refractivity contribution < 1.29 is 14.3 Å². The number of hydrogen-bond acceptors (Lipinski definition) is 6. The first-order valence-electron chi connectivity index (χ1n) is 8.45. The van der Waals surface area contributed by atoms with Crippen LogP contribution in [0.1, 0.15) is 18.9 Å². The van der Waals surface area contributed by atoms with Gasteiger partial charge < -0.3 is 9.64 Å². The zero-order valence-corrected chi connectivity index (χ0v) is 14.9. The SMILES string of the molecule is CC(=O)N(CCC(=O)Oc1ccc(-n2cnnn2)cc1)Cc1ccccc1. The molecule has 0 aliphatic rings. The molecule has 8 nitrogen and oxygen atoms in total. The Labute approximate surface area is 156 Å². The van der Waals surface area contributed by atoms with Gasteiger partial charge in [-0.25, -0.2) is 4.68 Å². The van der Waals surface area contributed by atoms with E-state index in [0.29, 0.717) is 18.8 Å². The minimum absolute atomic E-state index is 0.0857. The average molecular weight is 365 g/mol. The van der Waals surface area contributed by atoms with Gasteiger partial charge in [0.1, 0.15) is 12.1 Å². The maximum atomic E-state index is 12.1. The summed E-state index contributed by atoms with van der Waals surface area (Å²) in [6, 6.07) is 16.5. The number of carbonyl (C=O) groups is 2. The van der Waals surface area contributed by atoms with Gasteiger partial charge in [-0.1, -0.05) is 30.3 Å². The Kier molecular flexibility index (Phi) is 5.88. The highest BCUT2D eigenvalue weighted by Crippen LogP contribution is 2.15. The summed E-state index contributed by atoms with van der Waals surface area (Å²) in [5.41, 5.74) is 1.77. The van der Waals surface area contributed by atoms with Crippen LogP contribution in [0.4, 0.5) is 0 Å². The van der Waals surface area contributed by atoms with E-state index in [4.69, 9.17) is 4.74 Å². The van der Waals surface area contributed by atoms with Crippen LogP contribution in [-0.2, 0) is 16.1 Å². The molecule has 1 amide bonds. The molecule has 3 rings (SSSR count). The summed E-state index contributed by atoms with van der Waals surface area (Å²) < 4.78 is 6.83. The van der Waals surface area contributed by atoms with Crippen molar-refractivity contribution >= 4 is 11.9 Å². The van der Waals surface area contributed by atoms with Gasteiger partial charge in [-0.05, 0) is 40.3 Å². The largest absolute Gasteiger partial charge is 0.426 e. The van der Waals surface area contributed by atoms with Crippen LogP contribution >= 0.6 is 0 Å². The molecule has 2 aromatic carbocycles. The zero-order valence-electron chi connectivity index (χ0n) is 14.9. The Bertz CT molecular complexity index is 879. The second-order valence-corrected chi connectivity index (χ2v) is 5.90. The third kappa shape index (κ3) is 5.21. The van der Waals surface area contributed by atoms with Crippen molar-refractivity contribution in [2.24, 2.45) is 0 Å². The van der Waals surface area contributed by atoms with Crippen LogP contribution in [0.15, 0.2) is 60.9 Å². The Balaban J connectivity index is 1.52. The minimum Gasteiger partial charge on any atom is -0.426 e. The van der Waals surface area contributed by atoms with Crippen LogP contribution in [0.25, 0.3) is 5.69 Å². The van der Waals surface area contributed by atoms with Gasteiger partial charge in [0.15, 0.2) is 0 Å². The number of amides is 1. The Morgan fingerprint density at radius 1 is 1.07 bits per heavy atom. The quantitative estimate of drug-likeness (QED) is 0.470. The van der Waals surface area contributed by atoms with Gasteiger partial charge in [-0.15, -0.1) is 5.10 Å². The highest BCUT2D eigenvalue weighted by atomic mass is 16.5. The van der Waals surface area contributed by atoms with Gasteiger partial charge in [0.05, 0.1) is 12.1 Å². The van der Waals surface area contributed by atoms with E-state index in [1.807, 2.05) is 30.3 Å². The lowest BCUT2D eigenvalue weighted by Crippen LogP contribution is -2.31. The predicted octanol–water partition coefficient (Wildman–Crippen LogP) is 2.01. The number of tetrazole rings is 1. The molecule has 0 radical (unpaired) electrons. The number of rotatable bonds is 7. The van der Waals surface area contributed by atoms with Crippen molar-refractivity contribution in [2.75, 3.05) is 6.54 Å². The molecule has 0 atom stereocenters. The van der Waals surface area contributed by atoms with Crippen molar-refractivity contribution in [3.8, 4) is 11.4 Å². The fourth-order valence-electron chi connectivity index (χ4n) is 2.51. The second-order valence-electron chi connectivity index (χ2n) is 5.90.